The van der Waals surface area contributed by atoms with E-state index in [1.165, 1.54) is 16.4 Å². The summed E-state index contributed by atoms with van der Waals surface area (Å²) in [6.45, 7) is 1.95. The van der Waals surface area contributed by atoms with E-state index in [1.54, 1.807) is 19.1 Å². The van der Waals surface area contributed by atoms with Crippen LogP contribution in [0.15, 0.2) is 36.4 Å². The molecule has 26 heavy (non-hydrogen) atoms. The molecule has 1 amide bonds. The first-order valence-electron chi connectivity index (χ1n) is 8.03. The molecule has 138 valence electrons. The monoisotopic (exact) mass is 380 g/mol. The maximum Gasteiger partial charge on any atom is 0.251 e. The highest BCUT2D eigenvalue weighted by Crippen LogP contribution is 2.31. The van der Waals surface area contributed by atoms with Crippen LogP contribution in [0.2, 0.25) is 0 Å². The number of sulfonamides is 1. The lowest BCUT2D eigenvalue weighted by Crippen LogP contribution is -2.28. The van der Waals surface area contributed by atoms with Crippen LogP contribution < -0.4 is 9.62 Å². The van der Waals surface area contributed by atoms with E-state index in [4.69, 9.17) is 0 Å². The van der Waals surface area contributed by atoms with Crippen LogP contribution in [0.1, 0.15) is 34.5 Å². The lowest BCUT2D eigenvalue weighted by molar-refractivity contribution is 0.0939. The fraction of sp³-hybridized carbons (Fsp3) is 0.278. The van der Waals surface area contributed by atoms with E-state index in [-0.39, 0.29) is 5.56 Å². The fourth-order valence-electron chi connectivity index (χ4n) is 3.07. The van der Waals surface area contributed by atoms with Crippen molar-refractivity contribution in [2.75, 3.05) is 17.1 Å². The van der Waals surface area contributed by atoms with Crippen molar-refractivity contribution in [3.8, 4) is 0 Å². The molecule has 0 aromatic heterocycles. The Hall–Kier alpha value is -2.48. The second-order valence-corrected chi connectivity index (χ2v) is 8.20. The summed E-state index contributed by atoms with van der Waals surface area (Å²) < 4.78 is 51.7. The van der Waals surface area contributed by atoms with Crippen molar-refractivity contribution in [2.24, 2.45) is 0 Å². The smallest absolute Gasteiger partial charge is 0.251 e. The molecular formula is C18H18F2N2O3S. The molecule has 0 saturated heterocycles. The van der Waals surface area contributed by atoms with Gasteiger partial charge in [-0.15, -0.1) is 0 Å². The second-order valence-electron chi connectivity index (χ2n) is 6.29. The van der Waals surface area contributed by atoms with Crippen molar-refractivity contribution in [1.82, 2.24) is 5.32 Å². The Labute approximate surface area is 150 Å². The van der Waals surface area contributed by atoms with Crippen LogP contribution in [0.3, 0.4) is 0 Å². The normalized spacial score (nSPS) is 14.8. The molecular weight excluding hydrogens is 362 g/mol. The van der Waals surface area contributed by atoms with Gasteiger partial charge in [0.25, 0.3) is 5.91 Å². The van der Waals surface area contributed by atoms with Crippen LogP contribution >= 0.6 is 0 Å². The zero-order chi connectivity index (χ0) is 19.1. The summed E-state index contributed by atoms with van der Waals surface area (Å²) in [5, 5.41) is 2.67. The molecule has 1 aliphatic heterocycles. The van der Waals surface area contributed by atoms with Crippen LogP contribution in [0.4, 0.5) is 14.5 Å². The maximum atomic E-state index is 13.8. The topological polar surface area (TPSA) is 66.5 Å². The molecule has 0 fully saturated rings. The van der Waals surface area contributed by atoms with E-state index in [2.05, 4.69) is 5.32 Å². The van der Waals surface area contributed by atoms with Gasteiger partial charge in [0, 0.05) is 23.7 Å². The van der Waals surface area contributed by atoms with E-state index < -0.39 is 33.6 Å². The molecule has 2 aromatic rings. The molecule has 3 rings (SSSR count). The Bertz CT molecular complexity index is 976. The van der Waals surface area contributed by atoms with Crippen molar-refractivity contribution in [3.05, 3.63) is 64.7 Å². The van der Waals surface area contributed by atoms with Gasteiger partial charge in [-0.25, -0.2) is 17.2 Å². The number of hydrogen-bond donors (Lipinski definition) is 1. The van der Waals surface area contributed by atoms with E-state index in [1.807, 2.05) is 0 Å². The summed E-state index contributed by atoms with van der Waals surface area (Å²) in [5.74, 6) is -1.82. The molecule has 1 atom stereocenters. The highest BCUT2D eigenvalue weighted by Gasteiger charge is 2.27. The van der Waals surface area contributed by atoms with E-state index in [9.17, 15) is 22.0 Å². The Morgan fingerprint density at radius 3 is 2.58 bits per heavy atom. The summed E-state index contributed by atoms with van der Waals surface area (Å²) in [6.07, 6.45) is 1.66. The quantitative estimate of drug-likeness (QED) is 0.887. The standard InChI is InChI=1S/C18H18F2N2O3S/c1-11(15-5-4-14(19)10-16(15)20)21-18(23)13-3-6-17-12(9-13)7-8-22(17)26(2,24)25/h3-6,9-11H,7-8H2,1-2H3,(H,21,23)/t11-/m1/s1. The average Bonchev–Trinajstić information content (AvgIpc) is 2.97. The molecule has 0 saturated carbocycles. The third-order valence-corrected chi connectivity index (χ3v) is 5.55. The minimum absolute atomic E-state index is 0.184. The van der Waals surface area contributed by atoms with Gasteiger partial charge in [-0.1, -0.05) is 6.07 Å². The molecule has 1 heterocycles. The van der Waals surface area contributed by atoms with Crippen LogP contribution in [0.25, 0.3) is 0 Å². The van der Waals surface area contributed by atoms with Gasteiger partial charge in [-0.3, -0.25) is 9.10 Å². The summed E-state index contributed by atoms with van der Waals surface area (Å²) >= 11 is 0. The highest BCUT2D eigenvalue weighted by molar-refractivity contribution is 7.92. The van der Waals surface area contributed by atoms with Crippen molar-refractivity contribution in [2.45, 2.75) is 19.4 Å². The molecule has 5 nitrogen and oxygen atoms in total. The SMILES string of the molecule is C[C@@H](NC(=O)c1ccc2c(c1)CCN2S(C)(=O)=O)c1ccc(F)cc1F. The minimum atomic E-state index is -3.35. The van der Waals surface area contributed by atoms with Crippen molar-refractivity contribution >= 4 is 21.6 Å². The molecule has 0 spiro atoms. The molecule has 1 aliphatic rings. The zero-order valence-corrected chi connectivity index (χ0v) is 15.1. The van der Waals surface area contributed by atoms with Crippen molar-refractivity contribution in [3.63, 3.8) is 0 Å². The van der Waals surface area contributed by atoms with Crippen molar-refractivity contribution < 1.29 is 22.0 Å². The Morgan fingerprint density at radius 1 is 1.19 bits per heavy atom. The van der Waals surface area contributed by atoms with Crippen LogP contribution in [0.5, 0.6) is 0 Å². The number of rotatable bonds is 4. The molecule has 2 aromatic carbocycles. The van der Waals surface area contributed by atoms with Gasteiger partial charge < -0.3 is 5.32 Å². The summed E-state index contributed by atoms with van der Waals surface area (Å²) in [7, 11) is -3.35. The van der Waals surface area contributed by atoms with Gasteiger partial charge in [0.15, 0.2) is 0 Å². The first-order chi connectivity index (χ1) is 12.2. The molecule has 0 bridgehead atoms. The Balaban J connectivity index is 1.79. The van der Waals surface area contributed by atoms with E-state index >= 15 is 0 Å². The average molecular weight is 380 g/mol. The second kappa shape index (κ2) is 6.68. The lowest BCUT2D eigenvalue weighted by Gasteiger charge is -2.17. The van der Waals surface area contributed by atoms with Gasteiger partial charge >= 0.3 is 0 Å². The predicted octanol–water partition coefficient (Wildman–Crippen LogP) is 2.78. The van der Waals surface area contributed by atoms with Gasteiger partial charge in [0.2, 0.25) is 10.0 Å². The van der Waals surface area contributed by atoms with E-state index in [0.29, 0.717) is 24.2 Å². The van der Waals surface area contributed by atoms with Gasteiger partial charge in [-0.2, -0.15) is 0 Å². The van der Waals surface area contributed by atoms with Crippen LogP contribution in [0, 0.1) is 11.6 Å². The third-order valence-electron chi connectivity index (χ3n) is 4.37. The Morgan fingerprint density at radius 2 is 1.92 bits per heavy atom. The van der Waals surface area contributed by atoms with Crippen LogP contribution in [-0.4, -0.2) is 27.1 Å². The minimum Gasteiger partial charge on any atom is -0.345 e. The molecule has 0 unspecified atom stereocenters. The van der Waals surface area contributed by atoms with Gasteiger partial charge in [0.1, 0.15) is 11.6 Å². The largest absolute Gasteiger partial charge is 0.345 e. The number of amides is 1. The number of nitrogens with zero attached hydrogens (tertiary/aromatic N) is 1. The first kappa shape index (κ1) is 18.3. The first-order valence-corrected chi connectivity index (χ1v) is 9.88. The molecule has 0 aliphatic carbocycles. The molecule has 0 radical (unpaired) electrons. The van der Waals surface area contributed by atoms with Crippen molar-refractivity contribution in [1.29, 1.82) is 0 Å². The number of carbonyl (C=O) groups is 1. The number of nitrogens with one attached hydrogen (secondary N) is 1. The number of fused-ring (bicyclic) bond motifs is 1. The number of anilines is 1. The highest BCUT2D eigenvalue weighted by atomic mass is 32.2. The lowest BCUT2D eigenvalue weighted by atomic mass is 10.1. The van der Waals surface area contributed by atoms with Gasteiger partial charge in [-0.05, 0) is 43.2 Å². The summed E-state index contributed by atoms with van der Waals surface area (Å²) in [6, 6.07) is 7.33. The molecule has 1 N–H and O–H groups in total. The Kier molecular flexibility index (Phi) is 4.70. The van der Waals surface area contributed by atoms with Crippen LogP contribution in [-0.2, 0) is 16.4 Å². The number of halogens is 2. The summed E-state index contributed by atoms with van der Waals surface area (Å²) in [5.41, 5.74) is 1.88. The van der Waals surface area contributed by atoms with Gasteiger partial charge in [0.05, 0.1) is 18.0 Å². The summed E-state index contributed by atoms with van der Waals surface area (Å²) in [4.78, 5) is 12.4. The number of hydrogen-bond acceptors (Lipinski definition) is 3. The third kappa shape index (κ3) is 3.55. The predicted molar refractivity (Wildman–Crippen MR) is 94.6 cm³/mol. The fourth-order valence-corrected chi connectivity index (χ4v) is 4.03. The maximum absolute atomic E-state index is 13.8. The zero-order valence-electron chi connectivity index (χ0n) is 14.3. The molecule has 8 heteroatoms. The number of benzene rings is 2. The van der Waals surface area contributed by atoms with E-state index in [0.717, 1.165) is 24.0 Å². The number of carbonyl (C=O) groups excluding carboxylic acids is 1.